The molecule has 0 saturated carbocycles. The number of anilines is 1. The van der Waals surface area contributed by atoms with Crippen LogP contribution >= 0.6 is 39.1 Å². The Bertz CT molecular complexity index is 1160. The van der Waals surface area contributed by atoms with Gasteiger partial charge in [0.15, 0.2) is 0 Å². The van der Waals surface area contributed by atoms with Crippen molar-refractivity contribution in [3.05, 3.63) is 75.3 Å². The molecule has 0 aliphatic heterocycles. The Morgan fingerprint density at radius 1 is 1.03 bits per heavy atom. The van der Waals surface area contributed by atoms with Crippen LogP contribution in [0.3, 0.4) is 0 Å². The Morgan fingerprint density at radius 2 is 1.73 bits per heavy atom. The van der Waals surface area contributed by atoms with Crippen LogP contribution in [0.25, 0.3) is 10.9 Å². The van der Waals surface area contributed by atoms with E-state index in [1.54, 1.807) is 24.3 Å². The molecule has 154 valence electrons. The van der Waals surface area contributed by atoms with E-state index in [1.807, 2.05) is 0 Å². The number of benzene rings is 2. The van der Waals surface area contributed by atoms with Gasteiger partial charge in [0.2, 0.25) is 0 Å². The highest BCUT2D eigenvalue weighted by molar-refractivity contribution is 9.10. The Morgan fingerprint density at radius 3 is 2.40 bits per heavy atom. The second-order valence-electron chi connectivity index (χ2n) is 6.12. The summed E-state index contributed by atoms with van der Waals surface area (Å²) in [6.07, 6.45) is 1.45. The van der Waals surface area contributed by atoms with Gasteiger partial charge in [0.05, 0.1) is 5.52 Å². The highest BCUT2D eigenvalue weighted by Crippen LogP contribution is 2.26. The van der Waals surface area contributed by atoms with Crippen LogP contribution in [0.1, 0.15) is 10.5 Å². The molecule has 3 rings (SSSR count). The Kier molecular flexibility index (Phi) is 6.81. The summed E-state index contributed by atoms with van der Waals surface area (Å²) in [6.45, 7) is 3.61. The van der Waals surface area contributed by atoms with Gasteiger partial charge in [-0.2, -0.15) is 0 Å². The number of hydrogen-bond donors (Lipinski definition) is 3. The molecule has 0 atom stereocenters. The van der Waals surface area contributed by atoms with E-state index in [0.29, 0.717) is 26.6 Å². The van der Waals surface area contributed by atoms with Crippen molar-refractivity contribution >= 4 is 73.4 Å². The molecule has 0 fully saturated rings. The fourth-order valence-corrected chi connectivity index (χ4v) is 3.60. The highest BCUT2D eigenvalue weighted by atomic mass is 79.9. The van der Waals surface area contributed by atoms with E-state index in [1.165, 1.54) is 29.0 Å². The van der Waals surface area contributed by atoms with E-state index in [4.69, 9.17) is 23.2 Å². The first-order valence-corrected chi connectivity index (χ1v) is 10.1. The van der Waals surface area contributed by atoms with Crippen molar-refractivity contribution in [3.8, 4) is 0 Å². The molecule has 3 aromatic rings. The van der Waals surface area contributed by atoms with Crippen LogP contribution in [0.4, 0.5) is 5.69 Å². The summed E-state index contributed by atoms with van der Waals surface area (Å²) in [4.78, 5) is 37.2. The molecule has 2 aromatic carbocycles. The molecule has 1 aromatic heterocycles. The van der Waals surface area contributed by atoms with Crippen molar-refractivity contribution in [1.29, 1.82) is 0 Å². The van der Waals surface area contributed by atoms with Crippen LogP contribution in [-0.2, 0) is 9.59 Å². The first-order chi connectivity index (χ1) is 14.3. The van der Waals surface area contributed by atoms with Crippen molar-refractivity contribution < 1.29 is 14.4 Å². The molecular formula is C20H15BrCl2N4O3. The lowest BCUT2D eigenvalue weighted by Gasteiger charge is -2.12. The number of nitrogens with one attached hydrogen (secondary N) is 3. The molecule has 30 heavy (non-hydrogen) atoms. The van der Waals surface area contributed by atoms with Crippen molar-refractivity contribution in [1.82, 2.24) is 9.99 Å². The Labute approximate surface area is 190 Å². The zero-order valence-corrected chi connectivity index (χ0v) is 18.4. The fourth-order valence-electron chi connectivity index (χ4n) is 2.69. The van der Waals surface area contributed by atoms with E-state index >= 15 is 0 Å². The molecule has 0 aliphatic carbocycles. The summed E-state index contributed by atoms with van der Waals surface area (Å²) in [5, 5.41) is 6.45. The minimum absolute atomic E-state index is 0.101. The minimum Gasteiger partial charge on any atom is -0.344 e. The maximum absolute atomic E-state index is 12.9. The molecule has 1 heterocycles. The zero-order chi connectivity index (χ0) is 21.8. The number of hydrogen-bond acceptors (Lipinski definition) is 3. The summed E-state index contributed by atoms with van der Waals surface area (Å²) in [5.74, 6) is -2.33. The standard InChI is InChI=1S/C20H15BrCl2N4O3/c1-2-5-24-19(29)20(30)26-27-16-4-3-12(21)6-11(16)7-17(27)18(28)25-15-9-13(22)8-14(23)10-15/h2-4,6-10H,1,5H2,(H,24,29)(H,25,28)(H,26,30). The van der Waals surface area contributed by atoms with Crippen molar-refractivity contribution in [3.63, 3.8) is 0 Å². The van der Waals surface area contributed by atoms with Crippen LogP contribution in [0.5, 0.6) is 0 Å². The average Bonchev–Trinajstić information content (AvgIpc) is 3.02. The smallest absolute Gasteiger partial charge is 0.328 e. The Hall–Kier alpha value is -2.81. The van der Waals surface area contributed by atoms with Crippen LogP contribution in [0.15, 0.2) is 59.6 Å². The van der Waals surface area contributed by atoms with Gasteiger partial charge in [-0.05, 0) is 42.5 Å². The number of carbonyl (C=O) groups is 3. The molecule has 3 N–H and O–H groups in total. The molecule has 0 saturated heterocycles. The number of aromatic nitrogens is 1. The van der Waals surface area contributed by atoms with Gasteiger partial charge in [0, 0.05) is 32.1 Å². The second kappa shape index (κ2) is 9.34. The van der Waals surface area contributed by atoms with Gasteiger partial charge in [-0.1, -0.05) is 45.2 Å². The molecule has 0 spiro atoms. The largest absolute Gasteiger partial charge is 0.344 e. The molecule has 0 radical (unpaired) electrons. The van der Waals surface area contributed by atoms with Gasteiger partial charge in [0.1, 0.15) is 5.69 Å². The number of amides is 3. The van der Waals surface area contributed by atoms with E-state index in [-0.39, 0.29) is 12.2 Å². The van der Waals surface area contributed by atoms with Gasteiger partial charge in [-0.15, -0.1) is 6.58 Å². The maximum atomic E-state index is 12.9. The van der Waals surface area contributed by atoms with Crippen LogP contribution < -0.4 is 16.1 Å². The van der Waals surface area contributed by atoms with Gasteiger partial charge < -0.3 is 10.6 Å². The topological polar surface area (TPSA) is 92.2 Å². The van der Waals surface area contributed by atoms with Crippen molar-refractivity contribution in [2.75, 3.05) is 17.3 Å². The predicted molar refractivity (Wildman–Crippen MR) is 122 cm³/mol. The van der Waals surface area contributed by atoms with Crippen LogP contribution in [0, 0.1) is 0 Å². The summed E-state index contributed by atoms with van der Waals surface area (Å²) in [5.41, 5.74) is 3.46. The number of nitrogens with zero attached hydrogens (tertiary/aromatic N) is 1. The lowest BCUT2D eigenvalue weighted by molar-refractivity contribution is -0.136. The predicted octanol–water partition coefficient (Wildman–Crippen LogP) is 4.34. The third-order valence-corrected chi connectivity index (χ3v) is 4.87. The summed E-state index contributed by atoms with van der Waals surface area (Å²) in [7, 11) is 0. The monoisotopic (exact) mass is 508 g/mol. The molecule has 0 aliphatic rings. The van der Waals surface area contributed by atoms with Crippen LogP contribution in [-0.4, -0.2) is 28.9 Å². The van der Waals surface area contributed by atoms with Crippen molar-refractivity contribution in [2.24, 2.45) is 0 Å². The SMILES string of the molecule is C=CCNC(=O)C(=O)Nn1c(C(=O)Nc2cc(Cl)cc(Cl)c2)cc2cc(Br)ccc21. The Balaban J connectivity index is 1.97. The zero-order valence-electron chi connectivity index (χ0n) is 15.3. The quantitative estimate of drug-likeness (QED) is 0.353. The average molecular weight is 510 g/mol. The molecule has 3 amide bonds. The lowest BCUT2D eigenvalue weighted by Crippen LogP contribution is -2.39. The fraction of sp³-hybridized carbons (Fsp3) is 0.0500. The first-order valence-electron chi connectivity index (χ1n) is 8.57. The third-order valence-electron chi connectivity index (χ3n) is 3.94. The first kappa shape index (κ1) is 21.9. The molecule has 10 heteroatoms. The normalized spacial score (nSPS) is 10.5. The maximum Gasteiger partial charge on any atom is 0.328 e. The van der Waals surface area contributed by atoms with Gasteiger partial charge in [-0.25, -0.2) is 4.68 Å². The second-order valence-corrected chi connectivity index (χ2v) is 7.91. The van der Waals surface area contributed by atoms with Gasteiger partial charge >= 0.3 is 11.8 Å². The number of fused-ring (bicyclic) bond motifs is 1. The molecule has 0 unspecified atom stereocenters. The number of halogens is 3. The molecule has 7 nitrogen and oxygen atoms in total. The lowest BCUT2D eigenvalue weighted by atomic mass is 10.2. The van der Waals surface area contributed by atoms with Crippen molar-refractivity contribution in [2.45, 2.75) is 0 Å². The number of carbonyl (C=O) groups excluding carboxylic acids is 3. The van der Waals surface area contributed by atoms with E-state index < -0.39 is 17.7 Å². The molecule has 0 bridgehead atoms. The van der Waals surface area contributed by atoms with E-state index in [9.17, 15) is 14.4 Å². The third kappa shape index (κ3) is 5.02. The van der Waals surface area contributed by atoms with E-state index in [2.05, 4.69) is 38.6 Å². The summed E-state index contributed by atoms with van der Waals surface area (Å²) >= 11 is 15.3. The summed E-state index contributed by atoms with van der Waals surface area (Å²) in [6, 6.07) is 11.4. The summed E-state index contributed by atoms with van der Waals surface area (Å²) < 4.78 is 2.04. The van der Waals surface area contributed by atoms with Gasteiger partial charge in [-0.3, -0.25) is 19.8 Å². The number of rotatable bonds is 5. The van der Waals surface area contributed by atoms with E-state index in [0.717, 1.165) is 4.47 Å². The highest BCUT2D eigenvalue weighted by Gasteiger charge is 2.21. The van der Waals surface area contributed by atoms with Crippen LogP contribution in [0.2, 0.25) is 10.0 Å². The van der Waals surface area contributed by atoms with Gasteiger partial charge in [0.25, 0.3) is 5.91 Å². The molecular weight excluding hydrogens is 495 g/mol. The minimum atomic E-state index is -0.933.